The monoisotopic (exact) mass is 292 g/mol. The predicted molar refractivity (Wildman–Crippen MR) is 73.4 cm³/mol. The summed E-state index contributed by atoms with van der Waals surface area (Å²) in [6, 6.07) is 12.0. The lowest BCUT2D eigenvalue weighted by atomic mass is 10.1. The summed E-state index contributed by atoms with van der Waals surface area (Å²) in [5.74, 6) is -1.44. The summed E-state index contributed by atoms with van der Waals surface area (Å²) in [5.41, 5.74) is -0.180. The van der Waals surface area contributed by atoms with Gasteiger partial charge in [0.05, 0.1) is 12.2 Å². The van der Waals surface area contributed by atoms with Crippen LogP contribution in [0.5, 0.6) is 5.75 Å². The Bertz CT molecular complexity index is 600. The third-order valence-electron chi connectivity index (χ3n) is 2.70. The lowest BCUT2D eigenvalue weighted by Gasteiger charge is -2.07. The van der Waals surface area contributed by atoms with Gasteiger partial charge in [0.25, 0.3) is 0 Å². The fraction of sp³-hybridized carbons (Fsp3) is 0.188. The average Bonchev–Trinajstić information content (AvgIpc) is 2.47. The molecule has 0 aliphatic rings. The van der Waals surface area contributed by atoms with Crippen molar-refractivity contribution >= 4 is 5.78 Å². The Kier molecular flexibility index (Phi) is 5.40. The summed E-state index contributed by atoms with van der Waals surface area (Å²) in [5, 5.41) is 0. The van der Waals surface area contributed by atoms with Crippen molar-refractivity contribution in [3.63, 3.8) is 0 Å². The maximum absolute atomic E-state index is 13.4. The van der Waals surface area contributed by atoms with Crippen molar-refractivity contribution in [3.8, 4) is 5.75 Å². The van der Waals surface area contributed by atoms with Crippen LogP contribution >= 0.6 is 0 Å². The van der Waals surface area contributed by atoms with Gasteiger partial charge in [0.2, 0.25) is 0 Å². The first kappa shape index (κ1) is 15.1. The van der Waals surface area contributed by atoms with E-state index in [4.69, 9.17) is 9.47 Å². The lowest BCUT2D eigenvalue weighted by molar-refractivity contribution is 0.0684. The second kappa shape index (κ2) is 7.50. The zero-order chi connectivity index (χ0) is 15.1. The van der Waals surface area contributed by atoms with Gasteiger partial charge >= 0.3 is 0 Å². The van der Waals surface area contributed by atoms with Crippen LogP contribution in [0, 0.1) is 11.6 Å². The zero-order valence-corrected chi connectivity index (χ0v) is 11.2. The molecule has 0 aliphatic carbocycles. The molecule has 0 heterocycles. The topological polar surface area (TPSA) is 35.5 Å². The van der Waals surface area contributed by atoms with Crippen molar-refractivity contribution in [1.82, 2.24) is 0 Å². The molecule has 0 aromatic heterocycles. The number of ketones is 1. The summed E-state index contributed by atoms with van der Waals surface area (Å²) < 4.78 is 36.6. The van der Waals surface area contributed by atoms with E-state index in [1.165, 1.54) is 0 Å². The van der Waals surface area contributed by atoms with Crippen LogP contribution in [0.4, 0.5) is 8.78 Å². The molecule has 0 aliphatic heterocycles. The Morgan fingerprint density at radius 3 is 2.48 bits per heavy atom. The van der Waals surface area contributed by atoms with Crippen molar-refractivity contribution in [1.29, 1.82) is 0 Å². The van der Waals surface area contributed by atoms with Gasteiger partial charge in [0.1, 0.15) is 30.6 Å². The van der Waals surface area contributed by atoms with Crippen molar-refractivity contribution < 1.29 is 23.0 Å². The van der Waals surface area contributed by atoms with Crippen LogP contribution in [0.2, 0.25) is 0 Å². The Morgan fingerprint density at radius 2 is 1.76 bits per heavy atom. The fourth-order valence-corrected chi connectivity index (χ4v) is 1.69. The van der Waals surface area contributed by atoms with Gasteiger partial charge in [0, 0.05) is 6.07 Å². The normalized spacial score (nSPS) is 10.4. The first-order valence-electron chi connectivity index (χ1n) is 6.40. The van der Waals surface area contributed by atoms with E-state index in [0.29, 0.717) is 11.8 Å². The smallest absolute Gasteiger partial charge is 0.191 e. The molecular formula is C16H14F2O3. The van der Waals surface area contributed by atoms with Gasteiger partial charge in [-0.25, -0.2) is 8.78 Å². The van der Waals surface area contributed by atoms with Gasteiger partial charge < -0.3 is 9.47 Å². The molecule has 5 heteroatoms. The number of hydrogen-bond acceptors (Lipinski definition) is 3. The standard InChI is InChI=1S/C16H14F2O3/c17-12-6-7-14(15(18)10-12)16(19)11-20-8-9-21-13-4-2-1-3-5-13/h1-7,10H,8-9,11H2. The number of hydrogen-bond donors (Lipinski definition) is 0. The first-order valence-corrected chi connectivity index (χ1v) is 6.40. The molecule has 21 heavy (non-hydrogen) atoms. The second-order valence-electron chi connectivity index (χ2n) is 4.26. The van der Waals surface area contributed by atoms with Gasteiger partial charge in [-0.15, -0.1) is 0 Å². The van der Waals surface area contributed by atoms with E-state index in [0.717, 1.165) is 12.1 Å². The van der Waals surface area contributed by atoms with Gasteiger partial charge in [-0.3, -0.25) is 4.79 Å². The molecule has 0 fully saturated rings. The van der Waals surface area contributed by atoms with Crippen LogP contribution in [0.15, 0.2) is 48.5 Å². The number of rotatable bonds is 7. The minimum atomic E-state index is -0.885. The molecule has 0 saturated carbocycles. The maximum atomic E-state index is 13.4. The van der Waals surface area contributed by atoms with E-state index < -0.39 is 17.4 Å². The van der Waals surface area contributed by atoms with Crippen LogP contribution in [0.3, 0.4) is 0 Å². The molecule has 0 saturated heterocycles. The number of halogens is 2. The molecule has 0 N–H and O–H groups in total. The lowest BCUT2D eigenvalue weighted by Crippen LogP contribution is -2.15. The third-order valence-corrected chi connectivity index (χ3v) is 2.70. The highest BCUT2D eigenvalue weighted by molar-refractivity contribution is 5.97. The Morgan fingerprint density at radius 1 is 1.00 bits per heavy atom. The van der Waals surface area contributed by atoms with E-state index in [1.54, 1.807) is 12.1 Å². The highest BCUT2D eigenvalue weighted by Crippen LogP contribution is 2.11. The minimum absolute atomic E-state index is 0.180. The molecule has 0 spiro atoms. The Balaban J connectivity index is 1.72. The fourth-order valence-electron chi connectivity index (χ4n) is 1.69. The number of Topliss-reactive ketones (excluding diaryl/α,β-unsaturated/α-hetero) is 1. The SMILES string of the molecule is O=C(COCCOc1ccccc1)c1ccc(F)cc1F. The number of carbonyl (C=O) groups excluding carboxylic acids is 1. The molecule has 0 bridgehead atoms. The van der Waals surface area contributed by atoms with Crippen LogP contribution in [-0.2, 0) is 4.74 Å². The summed E-state index contributed by atoms with van der Waals surface area (Å²) in [4.78, 5) is 11.7. The molecule has 2 rings (SSSR count). The Hall–Kier alpha value is -2.27. The number of ether oxygens (including phenoxy) is 2. The molecule has 0 atom stereocenters. The first-order chi connectivity index (χ1) is 10.2. The quantitative estimate of drug-likeness (QED) is 0.580. The molecular weight excluding hydrogens is 278 g/mol. The summed E-state index contributed by atoms with van der Waals surface area (Å²) >= 11 is 0. The summed E-state index contributed by atoms with van der Waals surface area (Å²) in [6.45, 7) is 0.202. The van der Waals surface area contributed by atoms with E-state index >= 15 is 0 Å². The van der Waals surface area contributed by atoms with Gasteiger partial charge in [-0.05, 0) is 24.3 Å². The van der Waals surface area contributed by atoms with E-state index in [1.807, 2.05) is 18.2 Å². The molecule has 3 nitrogen and oxygen atoms in total. The largest absolute Gasteiger partial charge is 0.491 e. The molecule has 0 unspecified atom stereocenters. The highest BCUT2D eigenvalue weighted by atomic mass is 19.1. The number of para-hydroxylation sites is 1. The van der Waals surface area contributed by atoms with Gasteiger partial charge in [0.15, 0.2) is 5.78 Å². The van der Waals surface area contributed by atoms with Crippen LogP contribution in [-0.4, -0.2) is 25.6 Å². The van der Waals surface area contributed by atoms with Crippen molar-refractivity contribution in [2.75, 3.05) is 19.8 Å². The molecule has 2 aromatic carbocycles. The molecule has 0 radical (unpaired) electrons. The molecule has 2 aromatic rings. The Labute approximate surface area is 121 Å². The van der Waals surface area contributed by atoms with Crippen LogP contribution in [0.1, 0.15) is 10.4 Å². The molecule has 110 valence electrons. The summed E-state index contributed by atoms with van der Waals surface area (Å²) in [6.07, 6.45) is 0. The zero-order valence-electron chi connectivity index (χ0n) is 11.2. The van der Waals surface area contributed by atoms with Crippen LogP contribution < -0.4 is 4.74 Å². The predicted octanol–water partition coefficient (Wildman–Crippen LogP) is 3.24. The van der Waals surface area contributed by atoms with E-state index in [9.17, 15) is 13.6 Å². The van der Waals surface area contributed by atoms with Crippen molar-refractivity contribution in [2.24, 2.45) is 0 Å². The third kappa shape index (κ3) is 4.65. The average molecular weight is 292 g/mol. The van der Waals surface area contributed by atoms with Crippen molar-refractivity contribution in [3.05, 3.63) is 65.7 Å². The molecule has 0 amide bonds. The van der Waals surface area contributed by atoms with Gasteiger partial charge in [-0.1, -0.05) is 18.2 Å². The highest BCUT2D eigenvalue weighted by Gasteiger charge is 2.12. The van der Waals surface area contributed by atoms with Crippen LogP contribution in [0.25, 0.3) is 0 Å². The maximum Gasteiger partial charge on any atom is 0.191 e. The van der Waals surface area contributed by atoms with Gasteiger partial charge in [-0.2, -0.15) is 0 Å². The second-order valence-corrected chi connectivity index (χ2v) is 4.26. The van der Waals surface area contributed by atoms with E-state index in [-0.39, 0.29) is 25.4 Å². The number of carbonyl (C=O) groups is 1. The summed E-state index contributed by atoms with van der Waals surface area (Å²) in [7, 11) is 0. The minimum Gasteiger partial charge on any atom is -0.491 e. The van der Waals surface area contributed by atoms with E-state index in [2.05, 4.69) is 0 Å². The van der Waals surface area contributed by atoms with Crippen molar-refractivity contribution in [2.45, 2.75) is 0 Å². The number of benzene rings is 2.